The molecule has 4 nitrogen and oxygen atoms in total. The summed E-state index contributed by atoms with van der Waals surface area (Å²) in [6.07, 6.45) is 0.923. The van der Waals surface area contributed by atoms with Crippen LogP contribution in [-0.2, 0) is 7.05 Å². The minimum Gasteiger partial charge on any atom is -0.486 e. The van der Waals surface area contributed by atoms with E-state index in [-0.39, 0.29) is 0 Å². The van der Waals surface area contributed by atoms with Gasteiger partial charge in [0.15, 0.2) is 17.8 Å². The Hall–Kier alpha value is -2.23. The Bertz CT molecular complexity index is 686. The quantitative estimate of drug-likeness (QED) is 0.789. The maximum Gasteiger partial charge on any atom is 0.162 e. The molecule has 0 spiro atoms. The van der Waals surface area contributed by atoms with Crippen molar-refractivity contribution >= 4 is 6.29 Å². The number of ether oxygens (including phenoxy) is 2. The standard InChI is InChI=1S/C16H17NO3/c1-10-13(9-18)11(2)17(3)16(10)12-4-5-14-15(8-12)20-7-6-19-14/h4-5,8-9H,6-7H2,1-3H3. The second-order valence-corrected chi connectivity index (χ2v) is 5.01. The van der Waals surface area contributed by atoms with E-state index < -0.39 is 0 Å². The van der Waals surface area contributed by atoms with E-state index in [4.69, 9.17) is 9.47 Å². The normalized spacial score (nSPS) is 13.3. The lowest BCUT2D eigenvalue weighted by atomic mass is 10.1. The number of rotatable bonds is 2. The monoisotopic (exact) mass is 271 g/mol. The summed E-state index contributed by atoms with van der Waals surface area (Å²) >= 11 is 0. The van der Waals surface area contributed by atoms with E-state index in [9.17, 15) is 4.79 Å². The summed E-state index contributed by atoms with van der Waals surface area (Å²) in [4.78, 5) is 11.2. The summed E-state index contributed by atoms with van der Waals surface area (Å²) in [5, 5.41) is 0. The number of nitrogens with zero attached hydrogens (tertiary/aromatic N) is 1. The summed E-state index contributed by atoms with van der Waals surface area (Å²) in [6, 6.07) is 5.90. The molecule has 0 atom stereocenters. The number of carbonyl (C=O) groups excluding carboxylic acids is 1. The van der Waals surface area contributed by atoms with Crippen LogP contribution in [0.1, 0.15) is 21.6 Å². The predicted octanol–water partition coefficient (Wildman–Crippen LogP) is 2.89. The number of hydrogen-bond donors (Lipinski definition) is 0. The molecule has 3 rings (SSSR count). The molecule has 2 heterocycles. The van der Waals surface area contributed by atoms with Crippen molar-refractivity contribution in [3.05, 3.63) is 35.0 Å². The van der Waals surface area contributed by atoms with Gasteiger partial charge in [-0.05, 0) is 37.6 Å². The van der Waals surface area contributed by atoms with Crippen LogP contribution >= 0.6 is 0 Å². The van der Waals surface area contributed by atoms with Crippen LogP contribution in [0.3, 0.4) is 0 Å². The summed E-state index contributed by atoms with van der Waals surface area (Å²) < 4.78 is 13.2. The molecule has 1 aliphatic heterocycles. The van der Waals surface area contributed by atoms with E-state index in [0.29, 0.717) is 13.2 Å². The van der Waals surface area contributed by atoms with Crippen molar-refractivity contribution < 1.29 is 14.3 Å². The molecule has 0 unspecified atom stereocenters. The average Bonchev–Trinajstić information content (AvgIpc) is 2.68. The zero-order chi connectivity index (χ0) is 14.3. The van der Waals surface area contributed by atoms with E-state index in [1.165, 1.54) is 0 Å². The average molecular weight is 271 g/mol. The van der Waals surface area contributed by atoms with Crippen molar-refractivity contribution in [3.63, 3.8) is 0 Å². The first-order valence-electron chi connectivity index (χ1n) is 6.64. The third-order valence-corrected chi connectivity index (χ3v) is 3.92. The van der Waals surface area contributed by atoms with Crippen LogP contribution in [0, 0.1) is 13.8 Å². The van der Waals surface area contributed by atoms with Gasteiger partial charge in [-0.2, -0.15) is 0 Å². The van der Waals surface area contributed by atoms with Crippen LogP contribution in [0.2, 0.25) is 0 Å². The highest BCUT2D eigenvalue weighted by molar-refractivity contribution is 5.85. The zero-order valence-electron chi connectivity index (χ0n) is 11.9. The third-order valence-electron chi connectivity index (χ3n) is 3.92. The first-order valence-corrected chi connectivity index (χ1v) is 6.64. The second-order valence-electron chi connectivity index (χ2n) is 5.01. The smallest absolute Gasteiger partial charge is 0.162 e. The van der Waals surface area contributed by atoms with E-state index in [1.807, 2.05) is 43.7 Å². The van der Waals surface area contributed by atoms with E-state index in [0.717, 1.165) is 45.9 Å². The van der Waals surface area contributed by atoms with Crippen LogP contribution in [0.15, 0.2) is 18.2 Å². The number of aromatic nitrogens is 1. The molecule has 4 heteroatoms. The number of benzene rings is 1. The van der Waals surface area contributed by atoms with Gasteiger partial charge in [-0.1, -0.05) is 0 Å². The van der Waals surface area contributed by atoms with Crippen molar-refractivity contribution in [2.45, 2.75) is 13.8 Å². The molecule has 0 bridgehead atoms. The molecule has 1 aromatic carbocycles. The maximum atomic E-state index is 11.2. The van der Waals surface area contributed by atoms with Crippen molar-refractivity contribution in [3.8, 4) is 22.8 Å². The van der Waals surface area contributed by atoms with E-state index >= 15 is 0 Å². The van der Waals surface area contributed by atoms with Gasteiger partial charge < -0.3 is 14.0 Å². The molecular formula is C16H17NO3. The minimum atomic E-state index is 0.571. The number of aldehydes is 1. The van der Waals surface area contributed by atoms with E-state index in [2.05, 4.69) is 0 Å². The Morgan fingerprint density at radius 3 is 2.50 bits per heavy atom. The highest BCUT2D eigenvalue weighted by atomic mass is 16.6. The zero-order valence-corrected chi connectivity index (χ0v) is 11.9. The van der Waals surface area contributed by atoms with Crippen molar-refractivity contribution in [2.75, 3.05) is 13.2 Å². The predicted molar refractivity (Wildman–Crippen MR) is 76.7 cm³/mol. The summed E-state index contributed by atoms with van der Waals surface area (Å²) in [5.74, 6) is 1.54. The SMILES string of the molecule is Cc1c(C=O)c(C)n(C)c1-c1ccc2c(c1)OCCO2. The van der Waals surface area contributed by atoms with Crippen LogP contribution in [0.5, 0.6) is 11.5 Å². The number of carbonyl (C=O) groups is 1. The molecule has 0 fully saturated rings. The van der Waals surface area contributed by atoms with Gasteiger partial charge in [0.1, 0.15) is 13.2 Å². The number of hydrogen-bond acceptors (Lipinski definition) is 3. The largest absolute Gasteiger partial charge is 0.486 e. The molecule has 0 saturated heterocycles. The molecule has 0 aliphatic carbocycles. The molecule has 0 amide bonds. The molecule has 2 aromatic rings. The third kappa shape index (κ3) is 1.80. The van der Waals surface area contributed by atoms with Gasteiger partial charge in [0.25, 0.3) is 0 Å². The summed E-state index contributed by atoms with van der Waals surface area (Å²) in [5.41, 5.74) is 4.81. The lowest BCUT2D eigenvalue weighted by molar-refractivity contribution is 0.112. The topological polar surface area (TPSA) is 40.5 Å². The first-order chi connectivity index (χ1) is 9.63. The van der Waals surface area contributed by atoms with Gasteiger partial charge in [0.05, 0.1) is 5.69 Å². The van der Waals surface area contributed by atoms with Gasteiger partial charge in [-0.25, -0.2) is 0 Å². The van der Waals surface area contributed by atoms with Crippen LogP contribution in [0.4, 0.5) is 0 Å². The lowest BCUT2D eigenvalue weighted by Crippen LogP contribution is -2.15. The highest BCUT2D eigenvalue weighted by Gasteiger charge is 2.18. The molecule has 1 aromatic heterocycles. The van der Waals surface area contributed by atoms with Crippen molar-refractivity contribution in [1.29, 1.82) is 0 Å². The van der Waals surface area contributed by atoms with Gasteiger partial charge in [-0.3, -0.25) is 4.79 Å². The molecule has 0 radical (unpaired) electrons. The van der Waals surface area contributed by atoms with Crippen LogP contribution in [0.25, 0.3) is 11.3 Å². The highest BCUT2D eigenvalue weighted by Crippen LogP contribution is 2.37. The van der Waals surface area contributed by atoms with Crippen molar-refractivity contribution in [2.24, 2.45) is 7.05 Å². The van der Waals surface area contributed by atoms with Gasteiger partial charge in [0.2, 0.25) is 0 Å². The van der Waals surface area contributed by atoms with Gasteiger partial charge in [0, 0.05) is 23.9 Å². The molecular weight excluding hydrogens is 254 g/mol. The maximum absolute atomic E-state index is 11.2. The Balaban J connectivity index is 2.16. The Morgan fingerprint density at radius 1 is 1.15 bits per heavy atom. The minimum absolute atomic E-state index is 0.571. The van der Waals surface area contributed by atoms with Crippen LogP contribution < -0.4 is 9.47 Å². The summed E-state index contributed by atoms with van der Waals surface area (Å²) in [6.45, 7) is 5.09. The van der Waals surface area contributed by atoms with Crippen LogP contribution in [-0.4, -0.2) is 24.1 Å². The molecule has 0 N–H and O–H groups in total. The fraction of sp³-hybridized carbons (Fsp3) is 0.312. The fourth-order valence-corrected chi connectivity index (χ4v) is 2.77. The first kappa shape index (κ1) is 12.8. The Kier molecular flexibility index (Phi) is 3.01. The Morgan fingerprint density at radius 2 is 1.85 bits per heavy atom. The van der Waals surface area contributed by atoms with E-state index in [1.54, 1.807) is 0 Å². The molecule has 104 valence electrons. The lowest BCUT2D eigenvalue weighted by Gasteiger charge is -2.19. The molecule has 0 saturated carbocycles. The summed E-state index contributed by atoms with van der Waals surface area (Å²) in [7, 11) is 1.97. The fourth-order valence-electron chi connectivity index (χ4n) is 2.77. The van der Waals surface area contributed by atoms with Gasteiger partial charge in [-0.15, -0.1) is 0 Å². The van der Waals surface area contributed by atoms with Crippen molar-refractivity contribution in [1.82, 2.24) is 4.57 Å². The number of fused-ring (bicyclic) bond motifs is 1. The van der Waals surface area contributed by atoms with Gasteiger partial charge >= 0.3 is 0 Å². The second kappa shape index (κ2) is 4.71. The molecule has 1 aliphatic rings. The Labute approximate surface area is 117 Å². The molecule has 20 heavy (non-hydrogen) atoms.